The molecule has 2 aliphatic rings. The second kappa shape index (κ2) is 7.98. The quantitative estimate of drug-likeness (QED) is 0.556. The number of carbonyl (C=O) groups is 1. The summed E-state index contributed by atoms with van der Waals surface area (Å²) in [7, 11) is -2.83. The van der Waals surface area contributed by atoms with Crippen LogP contribution in [0.3, 0.4) is 0 Å². The molecule has 1 N–H and O–H groups in total. The van der Waals surface area contributed by atoms with Crippen molar-refractivity contribution in [3.63, 3.8) is 0 Å². The Hall–Kier alpha value is -2.33. The Bertz CT molecular complexity index is 1240. The third-order valence-corrected chi connectivity index (χ3v) is 9.53. The zero-order chi connectivity index (χ0) is 22.4. The van der Waals surface area contributed by atoms with Crippen molar-refractivity contribution in [2.24, 2.45) is 0 Å². The minimum atomic E-state index is -4.23. The molecular formula is C23H23INO5S-. The van der Waals surface area contributed by atoms with Crippen molar-refractivity contribution in [1.29, 1.82) is 0 Å². The molecule has 0 unspecified atom stereocenters. The maximum atomic E-state index is 13.3. The van der Waals surface area contributed by atoms with E-state index in [2.05, 4.69) is 4.72 Å². The number of carbonyl (C=O) groups excluding carboxylic acids is 1. The summed E-state index contributed by atoms with van der Waals surface area (Å²) in [5.74, 6) is -0.290. The molecule has 0 fully saturated rings. The summed E-state index contributed by atoms with van der Waals surface area (Å²) in [6.45, 7) is 5.82. The predicted molar refractivity (Wildman–Crippen MR) is 114 cm³/mol. The first-order valence-electron chi connectivity index (χ1n) is 9.68. The van der Waals surface area contributed by atoms with Gasteiger partial charge in [-0.2, -0.15) is 0 Å². The van der Waals surface area contributed by atoms with E-state index in [1.54, 1.807) is 18.2 Å². The van der Waals surface area contributed by atoms with E-state index in [0.29, 0.717) is 12.0 Å². The Morgan fingerprint density at radius 3 is 2.71 bits per heavy atom. The fraction of sp³-hybridized carbons (Fsp3) is 0.261. The third kappa shape index (κ3) is 4.23. The van der Waals surface area contributed by atoms with Crippen molar-refractivity contribution >= 4 is 22.0 Å². The van der Waals surface area contributed by atoms with Crippen LogP contribution in [-0.4, -0.2) is 27.0 Å². The first kappa shape index (κ1) is 21.9. The number of methoxy groups -OCH3 is 1. The van der Waals surface area contributed by atoms with E-state index in [0.717, 1.165) is 11.1 Å². The van der Waals surface area contributed by atoms with E-state index >= 15 is 0 Å². The summed E-state index contributed by atoms with van der Waals surface area (Å²) in [6.07, 6.45) is 4.10. The number of ether oxygens (including phenoxy) is 2. The van der Waals surface area contributed by atoms with Gasteiger partial charge in [0.2, 0.25) is 0 Å². The fourth-order valence-corrected chi connectivity index (χ4v) is 7.48. The van der Waals surface area contributed by atoms with Crippen molar-refractivity contribution in [2.75, 3.05) is 7.11 Å². The topological polar surface area (TPSA) is 81.7 Å². The third-order valence-electron chi connectivity index (χ3n) is 5.08. The Labute approximate surface area is 192 Å². The molecule has 2 aliphatic heterocycles. The molecule has 6 nitrogen and oxygen atoms in total. The van der Waals surface area contributed by atoms with E-state index in [1.165, 1.54) is 16.2 Å². The van der Waals surface area contributed by atoms with E-state index in [4.69, 9.17) is 9.47 Å². The second-order valence-electron chi connectivity index (χ2n) is 8.04. The first-order chi connectivity index (χ1) is 14.6. The minimum absolute atomic E-state index is 0.137. The van der Waals surface area contributed by atoms with Crippen LogP contribution in [0.15, 0.2) is 51.0 Å². The number of amides is 1. The van der Waals surface area contributed by atoms with Gasteiger partial charge in [-0.05, 0) is 0 Å². The van der Waals surface area contributed by atoms with Crippen LogP contribution in [0.2, 0.25) is 0 Å². The van der Waals surface area contributed by atoms with Gasteiger partial charge in [0, 0.05) is 0 Å². The molecule has 0 saturated carbocycles. The van der Waals surface area contributed by atoms with Crippen molar-refractivity contribution in [3.8, 4) is 11.5 Å². The number of nitrogens with one attached hydrogen (secondary N) is 1. The SMILES string of the molecule is COc1ccc2c(c1S(=O)(=O)NC(=O)C1=C[I-]c3c(C)cccc3C=C1)OC(C)(C)C2. The van der Waals surface area contributed by atoms with Crippen LogP contribution < -0.4 is 35.4 Å². The van der Waals surface area contributed by atoms with Crippen LogP contribution in [0.25, 0.3) is 6.08 Å². The van der Waals surface area contributed by atoms with Crippen molar-refractivity contribution in [2.45, 2.75) is 37.7 Å². The zero-order valence-electron chi connectivity index (χ0n) is 17.7. The molecule has 0 atom stereocenters. The molecule has 2 aromatic rings. The number of hydrogen-bond donors (Lipinski definition) is 1. The van der Waals surface area contributed by atoms with Gasteiger partial charge in [0.25, 0.3) is 0 Å². The molecule has 1 amide bonds. The van der Waals surface area contributed by atoms with E-state index in [1.807, 2.05) is 49.1 Å². The Morgan fingerprint density at radius 2 is 1.97 bits per heavy atom. The summed E-state index contributed by atoms with van der Waals surface area (Å²) in [5.41, 5.74) is 2.80. The average Bonchev–Trinajstić information content (AvgIpc) is 2.86. The van der Waals surface area contributed by atoms with Crippen LogP contribution in [0.1, 0.15) is 30.5 Å². The summed E-state index contributed by atoms with van der Waals surface area (Å²) in [6, 6.07) is 9.41. The molecule has 0 radical (unpaired) electrons. The maximum absolute atomic E-state index is 13.3. The molecule has 0 aliphatic carbocycles. The number of hydrogen-bond acceptors (Lipinski definition) is 5. The number of fused-ring (bicyclic) bond motifs is 2. The van der Waals surface area contributed by atoms with Gasteiger partial charge in [-0.1, -0.05) is 0 Å². The average molecular weight is 552 g/mol. The van der Waals surface area contributed by atoms with E-state index in [-0.39, 0.29) is 16.4 Å². The second-order valence-corrected chi connectivity index (χ2v) is 12.0. The van der Waals surface area contributed by atoms with Gasteiger partial charge in [0.05, 0.1) is 0 Å². The fourth-order valence-electron chi connectivity index (χ4n) is 3.66. The molecule has 4 rings (SSSR count). The first-order valence-corrected chi connectivity index (χ1v) is 13.5. The van der Waals surface area contributed by atoms with Crippen LogP contribution in [0.4, 0.5) is 0 Å². The number of aryl methyl sites for hydroxylation is 1. The molecule has 164 valence electrons. The van der Waals surface area contributed by atoms with Crippen LogP contribution in [0.5, 0.6) is 11.5 Å². The van der Waals surface area contributed by atoms with Gasteiger partial charge in [0.15, 0.2) is 0 Å². The molecule has 0 bridgehead atoms. The van der Waals surface area contributed by atoms with Crippen molar-refractivity contribution in [3.05, 3.63) is 66.3 Å². The van der Waals surface area contributed by atoms with Gasteiger partial charge < -0.3 is 0 Å². The molecule has 8 heteroatoms. The summed E-state index contributed by atoms with van der Waals surface area (Å²) in [4.78, 5) is 12.8. The standard InChI is InChI=1S/C23H23INO5S/c1-14-6-5-7-15-8-9-17(13-24-19(14)15)22(26)25-31(27,28)21-18(29-4)11-10-16-12-23(2,3)30-20(16)21/h5-11,13H,12H2,1-4H3,(H,25,26)/q-1. The van der Waals surface area contributed by atoms with Gasteiger partial charge in [0.1, 0.15) is 0 Å². The van der Waals surface area contributed by atoms with Crippen LogP contribution in [0, 0.1) is 10.5 Å². The summed E-state index contributed by atoms with van der Waals surface area (Å²) in [5, 5.41) is 0. The molecule has 0 aromatic heterocycles. The van der Waals surface area contributed by atoms with Gasteiger partial charge in [-0.25, -0.2) is 0 Å². The van der Waals surface area contributed by atoms with Gasteiger partial charge >= 0.3 is 193 Å². The Kier molecular flexibility index (Phi) is 5.63. The molecule has 2 heterocycles. The van der Waals surface area contributed by atoms with Crippen LogP contribution in [-0.2, 0) is 21.2 Å². The molecular weight excluding hydrogens is 529 g/mol. The number of benzene rings is 2. The summed E-state index contributed by atoms with van der Waals surface area (Å²) < 4.78 is 43.0. The van der Waals surface area contributed by atoms with Gasteiger partial charge in [-0.3, -0.25) is 0 Å². The molecule has 31 heavy (non-hydrogen) atoms. The number of halogens is 1. The Balaban J connectivity index is 1.66. The number of sulfonamides is 1. The van der Waals surface area contributed by atoms with Crippen LogP contribution >= 0.6 is 0 Å². The van der Waals surface area contributed by atoms with E-state index in [9.17, 15) is 13.2 Å². The normalized spacial score (nSPS) is 16.7. The van der Waals surface area contributed by atoms with Crippen molar-refractivity contribution < 1.29 is 43.9 Å². The Morgan fingerprint density at radius 1 is 1.19 bits per heavy atom. The van der Waals surface area contributed by atoms with E-state index < -0.39 is 42.7 Å². The van der Waals surface area contributed by atoms with Gasteiger partial charge in [-0.15, -0.1) is 0 Å². The zero-order valence-corrected chi connectivity index (χ0v) is 20.6. The molecule has 0 spiro atoms. The molecule has 0 saturated heterocycles. The monoisotopic (exact) mass is 552 g/mol. The number of rotatable bonds is 4. The van der Waals surface area contributed by atoms with Crippen molar-refractivity contribution in [1.82, 2.24) is 4.72 Å². The molecule has 2 aromatic carbocycles. The summed E-state index contributed by atoms with van der Waals surface area (Å²) >= 11 is -0.583. The predicted octanol–water partition coefficient (Wildman–Crippen LogP) is 0.392.